The van der Waals surface area contributed by atoms with Crippen LogP contribution in [0.3, 0.4) is 0 Å². The highest BCUT2D eigenvalue weighted by atomic mass is 16.6. The van der Waals surface area contributed by atoms with Crippen molar-refractivity contribution in [2.24, 2.45) is 0 Å². The van der Waals surface area contributed by atoms with Gasteiger partial charge >= 0.3 is 17.9 Å². The van der Waals surface area contributed by atoms with Gasteiger partial charge in [-0.25, -0.2) is 0 Å². The predicted octanol–water partition coefficient (Wildman–Crippen LogP) is 23.8. The molecular formula is C74H130O6. The molecule has 80 heavy (non-hydrogen) atoms. The first kappa shape index (κ1) is 76.6. The lowest BCUT2D eigenvalue weighted by molar-refractivity contribution is -0.167. The standard InChI is InChI=1S/C74H130O6/c1-4-7-10-13-16-19-22-25-28-30-32-33-34-35-36-37-38-39-40-41-43-44-46-49-52-55-58-61-64-67-73(76)79-70-71(69-78-72(75)66-63-60-57-54-51-48-27-24-21-18-15-12-9-6-3)80-74(77)68-65-62-59-56-53-50-47-45-42-31-29-26-23-20-17-14-11-8-5-2/h15,17-18,20,22,24-27,29-30,32,42,45,71H,4-14,16,19,21,23,28,31,33-41,43-44,46-70H2,1-3H3/b18-15-,20-17-,25-22-,27-24-,29-26-,32-30-,45-42-. The molecule has 0 aromatic rings. The monoisotopic (exact) mass is 1110 g/mol. The summed E-state index contributed by atoms with van der Waals surface area (Å²) in [7, 11) is 0. The van der Waals surface area contributed by atoms with Gasteiger partial charge in [0.25, 0.3) is 0 Å². The Morgan fingerprint density at radius 2 is 0.463 bits per heavy atom. The molecule has 0 aliphatic rings. The lowest BCUT2D eigenvalue weighted by Gasteiger charge is -2.18. The van der Waals surface area contributed by atoms with Crippen molar-refractivity contribution in [2.75, 3.05) is 13.2 Å². The molecule has 0 aromatic heterocycles. The second-order valence-electron chi connectivity index (χ2n) is 23.1. The molecule has 0 saturated heterocycles. The molecule has 1 unspecified atom stereocenters. The third-order valence-corrected chi connectivity index (χ3v) is 15.1. The molecule has 0 heterocycles. The Balaban J connectivity index is 4.27. The van der Waals surface area contributed by atoms with Crippen LogP contribution in [0.15, 0.2) is 85.1 Å². The summed E-state index contributed by atoms with van der Waals surface area (Å²) in [6.07, 6.45) is 90.3. The summed E-state index contributed by atoms with van der Waals surface area (Å²) >= 11 is 0. The molecule has 0 radical (unpaired) electrons. The van der Waals surface area contributed by atoms with Crippen molar-refractivity contribution < 1.29 is 28.6 Å². The Labute approximate surface area is 496 Å². The van der Waals surface area contributed by atoms with Gasteiger partial charge in [-0.1, -0.05) is 298 Å². The highest BCUT2D eigenvalue weighted by Gasteiger charge is 2.19. The van der Waals surface area contributed by atoms with Crippen LogP contribution < -0.4 is 0 Å². The predicted molar refractivity (Wildman–Crippen MR) is 348 cm³/mol. The summed E-state index contributed by atoms with van der Waals surface area (Å²) in [5.41, 5.74) is 0. The first-order chi connectivity index (χ1) is 39.5. The van der Waals surface area contributed by atoms with E-state index in [4.69, 9.17) is 14.2 Å². The van der Waals surface area contributed by atoms with Crippen LogP contribution in [-0.4, -0.2) is 37.2 Å². The van der Waals surface area contributed by atoms with E-state index in [1.807, 2.05) is 0 Å². The van der Waals surface area contributed by atoms with E-state index in [1.165, 1.54) is 199 Å². The van der Waals surface area contributed by atoms with Crippen LogP contribution in [0.4, 0.5) is 0 Å². The van der Waals surface area contributed by atoms with E-state index < -0.39 is 6.10 Å². The largest absolute Gasteiger partial charge is 0.462 e. The third kappa shape index (κ3) is 65.4. The maximum Gasteiger partial charge on any atom is 0.306 e. The molecule has 0 spiro atoms. The van der Waals surface area contributed by atoms with Crippen molar-refractivity contribution in [1.29, 1.82) is 0 Å². The number of carbonyl (C=O) groups is 3. The van der Waals surface area contributed by atoms with Gasteiger partial charge in [0.15, 0.2) is 6.10 Å². The van der Waals surface area contributed by atoms with Crippen LogP contribution in [0.1, 0.15) is 348 Å². The molecule has 0 saturated carbocycles. The molecule has 462 valence electrons. The molecular weight excluding hydrogens is 985 g/mol. The maximum absolute atomic E-state index is 12.9. The topological polar surface area (TPSA) is 78.9 Å². The normalized spacial score (nSPS) is 12.6. The van der Waals surface area contributed by atoms with E-state index in [1.54, 1.807) is 0 Å². The van der Waals surface area contributed by atoms with Crippen molar-refractivity contribution in [3.63, 3.8) is 0 Å². The number of allylic oxidation sites excluding steroid dienone is 14. The molecule has 6 heteroatoms. The number of hydrogen-bond acceptors (Lipinski definition) is 6. The Hall–Kier alpha value is -3.41. The minimum Gasteiger partial charge on any atom is -0.462 e. The SMILES string of the molecule is CCCC/C=C\C/C=C\CCCCCCCC(=O)OCC(COC(=O)CCCCCCCCCCCCCCCCCCC/C=C\C/C=C\CCCCCCC)OC(=O)CCCCCCCC/C=C\C/C=C\C/C=C\CCCCC. The molecule has 6 nitrogen and oxygen atoms in total. The Kier molecular flexibility index (Phi) is 65.2. The van der Waals surface area contributed by atoms with Crippen molar-refractivity contribution in [3.05, 3.63) is 85.1 Å². The average Bonchev–Trinajstić information content (AvgIpc) is 3.46. The molecule has 0 aliphatic heterocycles. The second-order valence-corrected chi connectivity index (χ2v) is 23.1. The van der Waals surface area contributed by atoms with Crippen molar-refractivity contribution >= 4 is 17.9 Å². The van der Waals surface area contributed by atoms with Gasteiger partial charge in [-0.15, -0.1) is 0 Å². The first-order valence-corrected chi connectivity index (χ1v) is 34.6. The summed E-state index contributed by atoms with van der Waals surface area (Å²) < 4.78 is 16.9. The average molecular weight is 1120 g/mol. The van der Waals surface area contributed by atoms with Crippen molar-refractivity contribution in [1.82, 2.24) is 0 Å². The molecule has 0 fully saturated rings. The van der Waals surface area contributed by atoms with Crippen LogP contribution in [0, 0.1) is 0 Å². The van der Waals surface area contributed by atoms with Crippen molar-refractivity contribution in [2.45, 2.75) is 354 Å². The molecule has 0 aliphatic carbocycles. The Morgan fingerprint density at radius 3 is 0.762 bits per heavy atom. The van der Waals surface area contributed by atoms with Crippen LogP contribution in [-0.2, 0) is 28.6 Å². The third-order valence-electron chi connectivity index (χ3n) is 15.1. The molecule has 0 bridgehead atoms. The smallest absolute Gasteiger partial charge is 0.306 e. The fraction of sp³-hybridized carbons (Fsp3) is 0.770. The van der Waals surface area contributed by atoms with Crippen LogP contribution in [0.5, 0.6) is 0 Å². The van der Waals surface area contributed by atoms with E-state index in [2.05, 4.69) is 106 Å². The summed E-state index contributed by atoms with van der Waals surface area (Å²) in [5.74, 6) is -0.896. The van der Waals surface area contributed by atoms with Gasteiger partial charge in [0.1, 0.15) is 13.2 Å². The Morgan fingerprint density at radius 1 is 0.250 bits per heavy atom. The number of hydrogen-bond donors (Lipinski definition) is 0. The molecule has 0 aromatic carbocycles. The van der Waals surface area contributed by atoms with Gasteiger partial charge in [0.05, 0.1) is 0 Å². The molecule has 0 amide bonds. The first-order valence-electron chi connectivity index (χ1n) is 34.6. The minimum atomic E-state index is -0.790. The van der Waals surface area contributed by atoms with Gasteiger partial charge in [-0.3, -0.25) is 14.4 Å². The van der Waals surface area contributed by atoms with Crippen LogP contribution >= 0.6 is 0 Å². The lowest BCUT2D eigenvalue weighted by Crippen LogP contribution is -2.30. The molecule has 1 atom stereocenters. The quantitative estimate of drug-likeness (QED) is 0.0261. The van der Waals surface area contributed by atoms with E-state index in [0.29, 0.717) is 19.3 Å². The fourth-order valence-corrected chi connectivity index (χ4v) is 9.85. The number of esters is 3. The van der Waals surface area contributed by atoms with E-state index in [-0.39, 0.29) is 31.1 Å². The maximum atomic E-state index is 12.9. The molecule has 0 N–H and O–H groups in total. The highest BCUT2D eigenvalue weighted by Crippen LogP contribution is 2.17. The zero-order valence-corrected chi connectivity index (χ0v) is 53.1. The highest BCUT2D eigenvalue weighted by molar-refractivity contribution is 5.71. The van der Waals surface area contributed by atoms with Crippen molar-refractivity contribution in [3.8, 4) is 0 Å². The number of unbranched alkanes of at least 4 members (excludes halogenated alkanes) is 38. The van der Waals surface area contributed by atoms with E-state index in [9.17, 15) is 14.4 Å². The van der Waals surface area contributed by atoms with E-state index >= 15 is 0 Å². The summed E-state index contributed by atoms with van der Waals surface area (Å²) in [5, 5.41) is 0. The summed E-state index contributed by atoms with van der Waals surface area (Å²) in [6.45, 7) is 6.58. The number of ether oxygens (including phenoxy) is 3. The van der Waals surface area contributed by atoms with Gasteiger partial charge in [-0.05, 0) is 116 Å². The summed E-state index contributed by atoms with van der Waals surface area (Å²) in [6, 6.07) is 0. The van der Waals surface area contributed by atoms with Gasteiger partial charge in [0.2, 0.25) is 0 Å². The van der Waals surface area contributed by atoms with Crippen LogP contribution in [0.2, 0.25) is 0 Å². The minimum absolute atomic E-state index is 0.0843. The van der Waals surface area contributed by atoms with E-state index in [0.717, 1.165) is 109 Å². The fourth-order valence-electron chi connectivity index (χ4n) is 9.85. The Bertz CT molecular complexity index is 1520. The van der Waals surface area contributed by atoms with Crippen LogP contribution in [0.25, 0.3) is 0 Å². The zero-order valence-electron chi connectivity index (χ0n) is 53.1. The number of carbonyl (C=O) groups excluding carboxylic acids is 3. The lowest BCUT2D eigenvalue weighted by atomic mass is 10.0. The zero-order chi connectivity index (χ0) is 57.8. The summed E-state index contributed by atoms with van der Waals surface area (Å²) in [4.78, 5) is 38.4. The number of rotatable bonds is 63. The molecule has 0 rings (SSSR count). The van der Waals surface area contributed by atoms with Gasteiger partial charge in [0, 0.05) is 19.3 Å². The van der Waals surface area contributed by atoms with Gasteiger partial charge < -0.3 is 14.2 Å². The van der Waals surface area contributed by atoms with Gasteiger partial charge in [-0.2, -0.15) is 0 Å². The second kappa shape index (κ2) is 68.1.